The quantitative estimate of drug-likeness (QED) is 0.820. The van der Waals surface area contributed by atoms with E-state index in [1.807, 2.05) is 43.3 Å². The molecule has 3 heteroatoms. The van der Waals surface area contributed by atoms with Crippen molar-refractivity contribution >= 4 is 5.69 Å². The molecule has 0 bridgehead atoms. The topological polar surface area (TPSA) is 41.5 Å². The average molecular weight is 271 g/mol. The first-order valence-corrected chi connectivity index (χ1v) is 7.01. The van der Waals surface area contributed by atoms with Crippen LogP contribution in [0.4, 0.5) is 5.69 Å². The van der Waals surface area contributed by atoms with E-state index in [9.17, 15) is 5.11 Å². The second kappa shape index (κ2) is 6.85. The Labute approximate surface area is 120 Å². The zero-order valence-electron chi connectivity index (χ0n) is 12.0. The van der Waals surface area contributed by atoms with Crippen molar-refractivity contribution in [2.24, 2.45) is 0 Å². The van der Waals surface area contributed by atoms with Gasteiger partial charge in [0.05, 0.1) is 12.6 Å². The Kier molecular flexibility index (Phi) is 4.88. The second-order valence-electron chi connectivity index (χ2n) is 4.66. The fourth-order valence-corrected chi connectivity index (χ4v) is 2.17. The highest BCUT2D eigenvalue weighted by Gasteiger charge is 2.09. The summed E-state index contributed by atoms with van der Waals surface area (Å²) in [4.78, 5) is 0. The molecule has 0 heterocycles. The summed E-state index contributed by atoms with van der Waals surface area (Å²) in [5, 5.41) is 12.9. The van der Waals surface area contributed by atoms with Crippen LogP contribution >= 0.6 is 0 Å². The van der Waals surface area contributed by atoms with E-state index in [1.165, 1.54) is 0 Å². The van der Waals surface area contributed by atoms with Crippen molar-refractivity contribution in [3.63, 3.8) is 0 Å². The SMILES string of the molecule is CCOc1cccc(NC(CC)c2ccc(O)cc2)c1. The van der Waals surface area contributed by atoms with Gasteiger partial charge in [0.25, 0.3) is 0 Å². The Morgan fingerprint density at radius 3 is 2.50 bits per heavy atom. The summed E-state index contributed by atoms with van der Waals surface area (Å²) in [6.45, 7) is 4.78. The van der Waals surface area contributed by atoms with Crippen LogP contribution < -0.4 is 10.1 Å². The fourth-order valence-electron chi connectivity index (χ4n) is 2.17. The Bertz CT molecular complexity index is 537. The number of anilines is 1. The van der Waals surface area contributed by atoms with E-state index in [1.54, 1.807) is 12.1 Å². The van der Waals surface area contributed by atoms with Gasteiger partial charge in [0.15, 0.2) is 0 Å². The molecular formula is C17H21NO2. The number of phenolic OH excluding ortho intramolecular Hbond substituents is 1. The fraction of sp³-hybridized carbons (Fsp3) is 0.294. The predicted octanol–water partition coefficient (Wildman–Crippen LogP) is 4.35. The van der Waals surface area contributed by atoms with E-state index < -0.39 is 0 Å². The highest BCUT2D eigenvalue weighted by atomic mass is 16.5. The monoisotopic (exact) mass is 271 g/mol. The first-order valence-electron chi connectivity index (χ1n) is 7.01. The lowest BCUT2D eigenvalue weighted by Crippen LogP contribution is -2.09. The molecule has 2 aromatic carbocycles. The molecule has 0 radical (unpaired) electrons. The molecule has 106 valence electrons. The Morgan fingerprint density at radius 2 is 1.85 bits per heavy atom. The maximum absolute atomic E-state index is 9.36. The van der Waals surface area contributed by atoms with Crippen LogP contribution in [0.15, 0.2) is 48.5 Å². The Balaban J connectivity index is 2.13. The molecule has 0 saturated carbocycles. The molecule has 0 aliphatic carbocycles. The van der Waals surface area contributed by atoms with Gasteiger partial charge in [0, 0.05) is 11.8 Å². The van der Waals surface area contributed by atoms with E-state index in [4.69, 9.17) is 4.74 Å². The normalized spacial score (nSPS) is 11.9. The summed E-state index contributed by atoms with van der Waals surface area (Å²) < 4.78 is 5.51. The van der Waals surface area contributed by atoms with E-state index in [0.29, 0.717) is 12.4 Å². The van der Waals surface area contributed by atoms with Crippen molar-refractivity contribution in [1.29, 1.82) is 0 Å². The van der Waals surface area contributed by atoms with Gasteiger partial charge in [0.2, 0.25) is 0 Å². The number of aromatic hydroxyl groups is 1. The van der Waals surface area contributed by atoms with Crippen molar-refractivity contribution < 1.29 is 9.84 Å². The van der Waals surface area contributed by atoms with Crippen molar-refractivity contribution in [2.75, 3.05) is 11.9 Å². The lowest BCUT2D eigenvalue weighted by atomic mass is 10.0. The Hall–Kier alpha value is -2.16. The van der Waals surface area contributed by atoms with Gasteiger partial charge in [-0.2, -0.15) is 0 Å². The van der Waals surface area contributed by atoms with Crippen LogP contribution in [-0.2, 0) is 0 Å². The number of benzene rings is 2. The van der Waals surface area contributed by atoms with Crippen LogP contribution in [0.2, 0.25) is 0 Å². The first-order chi connectivity index (χ1) is 9.72. The van der Waals surface area contributed by atoms with Gasteiger partial charge in [0.1, 0.15) is 11.5 Å². The van der Waals surface area contributed by atoms with Gasteiger partial charge < -0.3 is 15.2 Å². The molecule has 3 nitrogen and oxygen atoms in total. The maximum atomic E-state index is 9.36. The molecule has 0 amide bonds. The lowest BCUT2D eigenvalue weighted by Gasteiger charge is -2.19. The highest BCUT2D eigenvalue weighted by molar-refractivity contribution is 5.50. The number of rotatable bonds is 6. The minimum absolute atomic E-state index is 0.215. The van der Waals surface area contributed by atoms with Crippen molar-refractivity contribution in [3.8, 4) is 11.5 Å². The summed E-state index contributed by atoms with van der Waals surface area (Å²) in [6.07, 6.45) is 0.962. The smallest absolute Gasteiger partial charge is 0.121 e. The molecule has 1 unspecified atom stereocenters. The maximum Gasteiger partial charge on any atom is 0.121 e. The van der Waals surface area contributed by atoms with Gasteiger partial charge in [-0.05, 0) is 43.2 Å². The third-order valence-corrected chi connectivity index (χ3v) is 3.19. The molecule has 0 saturated heterocycles. The standard InChI is InChI=1S/C17H21NO2/c1-3-17(13-8-10-15(19)11-9-13)18-14-6-5-7-16(12-14)20-4-2/h5-12,17-19H,3-4H2,1-2H3. The van der Waals surface area contributed by atoms with E-state index in [2.05, 4.69) is 12.2 Å². The third kappa shape index (κ3) is 3.67. The van der Waals surface area contributed by atoms with Crippen LogP contribution in [0.5, 0.6) is 11.5 Å². The number of ether oxygens (including phenoxy) is 1. The summed E-state index contributed by atoms with van der Waals surface area (Å²) in [5.74, 6) is 1.17. The van der Waals surface area contributed by atoms with Gasteiger partial charge in [-0.1, -0.05) is 25.1 Å². The third-order valence-electron chi connectivity index (χ3n) is 3.19. The molecule has 1 atom stereocenters. The van der Waals surface area contributed by atoms with E-state index in [0.717, 1.165) is 23.4 Å². The molecule has 0 fully saturated rings. The lowest BCUT2D eigenvalue weighted by molar-refractivity contribution is 0.340. The number of nitrogens with one attached hydrogen (secondary N) is 1. The van der Waals surface area contributed by atoms with Crippen LogP contribution in [0.25, 0.3) is 0 Å². The van der Waals surface area contributed by atoms with Crippen molar-refractivity contribution in [1.82, 2.24) is 0 Å². The molecule has 2 rings (SSSR count). The minimum atomic E-state index is 0.215. The van der Waals surface area contributed by atoms with Gasteiger partial charge >= 0.3 is 0 Å². The first kappa shape index (κ1) is 14.3. The Morgan fingerprint density at radius 1 is 1.10 bits per heavy atom. The molecule has 0 spiro atoms. The molecule has 2 aromatic rings. The second-order valence-corrected chi connectivity index (χ2v) is 4.66. The number of phenols is 1. The molecular weight excluding hydrogens is 250 g/mol. The number of hydrogen-bond acceptors (Lipinski definition) is 3. The van der Waals surface area contributed by atoms with Crippen LogP contribution in [0.1, 0.15) is 31.9 Å². The van der Waals surface area contributed by atoms with Gasteiger partial charge in [-0.3, -0.25) is 0 Å². The van der Waals surface area contributed by atoms with Crippen LogP contribution in [0, 0.1) is 0 Å². The van der Waals surface area contributed by atoms with E-state index >= 15 is 0 Å². The summed E-state index contributed by atoms with van der Waals surface area (Å²) >= 11 is 0. The summed E-state index contributed by atoms with van der Waals surface area (Å²) in [5.41, 5.74) is 2.20. The highest BCUT2D eigenvalue weighted by Crippen LogP contribution is 2.26. The molecule has 0 aliphatic rings. The predicted molar refractivity (Wildman–Crippen MR) is 82.4 cm³/mol. The molecule has 2 N–H and O–H groups in total. The zero-order chi connectivity index (χ0) is 14.4. The van der Waals surface area contributed by atoms with Crippen molar-refractivity contribution in [2.45, 2.75) is 26.3 Å². The zero-order valence-corrected chi connectivity index (χ0v) is 12.0. The largest absolute Gasteiger partial charge is 0.508 e. The van der Waals surface area contributed by atoms with Crippen LogP contribution in [-0.4, -0.2) is 11.7 Å². The van der Waals surface area contributed by atoms with Crippen LogP contribution in [0.3, 0.4) is 0 Å². The minimum Gasteiger partial charge on any atom is -0.508 e. The summed E-state index contributed by atoms with van der Waals surface area (Å²) in [6, 6.07) is 15.5. The molecule has 0 aliphatic heterocycles. The van der Waals surface area contributed by atoms with Gasteiger partial charge in [-0.25, -0.2) is 0 Å². The van der Waals surface area contributed by atoms with Crippen molar-refractivity contribution in [3.05, 3.63) is 54.1 Å². The average Bonchev–Trinajstić information content (AvgIpc) is 2.47. The summed E-state index contributed by atoms with van der Waals surface area (Å²) in [7, 11) is 0. The molecule has 0 aromatic heterocycles. The van der Waals surface area contributed by atoms with Gasteiger partial charge in [-0.15, -0.1) is 0 Å². The molecule has 20 heavy (non-hydrogen) atoms. The number of hydrogen-bond donors (Lipinski definition) is 2. The van der Waals surface area contributed by atoms with E-state index in [-0.39, 0.29) is 6.04 Å².